The number of carbonyl (C=O) groups excluding carboxylic acids is 2. The maximum absolute atomic E-state index is 13.3. The van der Waals surface area contributed by atoms with Gasteiger partial charge in [0.1, 0.15) is 6.04 Å². The van der Waals surface area contributed by atoms with Gasteiger partial charge in [0.25, 0.3) is 0 Å². The molecule has 0 aromatic heterocycles. The Hall–Kier alpha value is -2.13. The number of nitrogens with one attached hydrogen (secondary N) is 1. The lowest BCUT2D eigenvalue weighted by Crippen LogP contribution is -2.51. The lowest BCUT2D eigenvalue weighted by molar-refractivity contribution is -0.140. The van der Waals surface area contributed by atoms with Crippen LogP contribution in [0.4, 0.5) is 0 Å². The average Bonchev–Trinajstić information content (AvgIpc) is 2.78. The molecule has 0 aliphatic carbocycles. The van der Waals surface area contributed by atoms with Gasteiger partial charge in [0, 0.05) is 29.7 Å². The minimum absolute atomic E-state index is 0.0162. The van der Waals surface area contributed by atoms with Crippen molar-refractivity contribution in [1.82, 2.24) is 14.5 Å². The van der Waals surface area contributed by atoms with E-state index in [2.05, 4.69) is 5.32 Å². The summed E-state index contributed by atoms with van der Waals surface area (Å²) >= 11 is 12.3. The topological polar surface area (TPSA) is 86.8 Å². The Kier molecular flexibility index (Phi) is 9.94. The summed E-state index contributed by atoms with van der Waals surface area (Å²) in [6.45, 7) is 6.85. The van der Waals surface area contributed by atoms with Crippen molar-refractivity contribution in [2.24, 2.45) is 0 Å². The predicted octanol–water partition coefficient (Wildman–Crippen LogP) is 4.25. The third-order valence-corrected chi connectivity index (χ3v) is 8.02. The van der Waals surface area contributed by atoms with E-state index in [-0.39, 0.29) is 23.4 Å². The van der Waals surface area contributed by atoms with Gasteiger partial charge >= 0.3 is 0 Å². The molecule has 186 valence electrons. The van der Waals surface area contributed by atoms with Gasteiger partial charge in [0.15, 0.2) is 0 Å². The third-order valence-electron chi connectivity index (χ3n) is 5.61. The second-order valence-electron chi connectivity index (χ2n) is 8.33. The van der Waals surface area contributed by atoms with Gasteiger partial charge in [0.05, 0.1) is 11.4 Å². The molecule has 2 amide bonds. The van der Waals surface area contributed by atoms with Crippen LogP contribution in [0.5, 0.6) is 0 Å². The summed E-state index contributed by atoms with van der Waals surface area (Å²) in [4.78, 5) is 27.6. The van der Waals surface area contributed by atoms with Crippen molar-refractivity contribution < 1.29 is 18.0 Å². The molecule has 0 radical (unpaired) electrons. The monoisotopic (exact) mass is 527 g/mol. The maximum atomic E-state index is 13.3. The first-order chi connectivity index (χ1) is 15.9. The smallest absolute Gasteiger partial charge is 0.243 e. The van der Waals surface area contributed by atoms with Crippen LogP contribution in [0.1, 0.15) is 38.3 Å². The van der Waals surface area contributed by atoms with Gasteiger partial charge in [-0.1, -0.05) is 53.9 Å². The van der Waals surface area contributed by atoms with Gasteiger partial charge in [-0.05, 0) is 57.0 Å². The molecule has 0 saturated heterocycles. The van der Waals surface area contributed by atoms with E-state index in [1.807, 2.05) is 20.8 Å². The zero-order valence-electron chi connectivity index (χ0n) is 20.0. The summed E-state index contributed by atoms with van der Waals surface area (Å²) in [5.74, 6) is -0.868. The average molecular weight is 529 g/mol. The number of hydrogen-bond acceptors (Lipinski definition) is 4. The molecule has 2 aromatic carbocycles. The summed E-state index contributed by atoms with van der Waals surface area (Å²) in [5, 5.41) is 3.66. The highest BCUT2D eigenvalue weighted by atomic mass is 35.5. The molecule has 0 heterocycles. The number of aryl methyl sites for hydroxylation is 1. The molecule has 34 heavy (non-hydrogen) atoms. The molecule has 0 bridgehead atoms. The van der Waals surface area contributed by atoms with Crippen LogP contribution in [0.2, 0.25) is 10.0 Å². The number of nitrogens with zero attached hydrogens (tertiary/aromatic N) is 2. The SMILES string of the molecule is CC[C@@H](C)NC(=O)[C@@H](C)N(Cc1ccc(Cl)cc1Cl)C(=O)CN(C)S(=O)(=O)c1ccc(C)cc1. The summed E-state index contributed by atoms with van der Waals surface area (Å²) in [6, 6.07) is 10.3. The van der Waals surface area contributed by atoms with Crippen LogP contribution in [0, 0.1) is 6.92 Å². The minimum Gasteiger partial charge on any atom is -0.352 e. The van der Waals surface area contributed by atoms with Crippen molar-refractivity contribution in [3.05, 3.63) is 63.6 Å². The van der Waals surface area contributed by atoms with Crippen LogP contribution in [0.15, 0.2) is 47.4 Å². The molecule has 1 N–H and O–H groups in total. The summed E-state index contributed by atoms with van der Waals surface area (Å²) in [5.41, 5.74) is 1.51. The number of hydrogen-bond donors (Lipinski definition) is 1. The van der Waals surface area contributed by atoms with E-state index in [0.717, 1.165) is 16.3 Å². The maximum Gasteiger partial charge on any atom is 0.243 e. The van der Waals surface area contributed by atoms with Crippen LogP contribution < -0.4 is 5.32 Å². The van der Waals surface area contributed by atoms with Crippen molar-refractivity contribution >= 4 is 45.0 Å². The minimum atomic E-state index is -3.90. The van der Waals surface area contributed by atoms with Crippen molar-refractivity contribution in [3.63, 3.8) is 0 Å². The molecule has 2 atom stereocenters. The van der Waals surface area contributed by atoms with E-state index >= 15 is 0 Å². The normalized spacial score (nSPS) is 13.4. The molecule has 0 fully saturated rings. The molecule has 10 heteroatoms. The third kappa shape index (κ3) is 7.18. The van der Waals surface area contributed by atoms with Gasteiger partial charge < -0.3 is 10.2 Å². The molecular formula is C24H31Cl2N3O4S. The Morgan fingerprint density at radius 1 is 1.06 bits per heavy atom. The summed E-state index contributed by atoms with van der Waals surface area (Å²) in [7, 11) is -2.56. The van der Waals surface area contributed by atoms with Gasteiger partial charge in [-0.2, -0.15) is 4.31 Å². The number of halogens is 2. The van der Waals surface area contributed by atoms with E-state index in [0.29, 0.717) is 15.6 Å². The van der Waals surface area contributed by atoms with E-state index in [1.165, 1.54) is 24.1 Å². The Balaban J connectivity index is 2.31. The Bertz CT molecular complexity index is 1120. The highest BCUT2D eigenvalue weighted by Gasteiger charge is 2.31. The van der Waals surface area contributed by atoms with E-state index in [9.17, 15) is 18.0 Å². The van der Waals surface area contributed by atoms with Gasteiger partial charge in [-0.15, -0.1) is 0 Å². The lowest BCUT2D eigenvalue weighted by Gasteiger charge is -2.31. The molecule has 0 aliphatic heterocycles. The van der Waals surface area contributed by atoms with Crippen molar-refractivity contribution in [2.75, 3.05) is 13.6 Å². The first-order valence-electron chi connectivity index (χ1n) is 10.9. The van der Waals surface area contributed by atoms with Crippen LogP contribution in [-0.2, 0) is 26.2 Å². The van der Waals surface area contributed by atoms with Gasteiger partial charge in [0.2, 0.25) is 21.8 Å². The zero-order valence-corrected chi connectivity index (χ0v) is 22.3. The highest BCUT2D eigenvalue weighted by molar-refractivity contribution is 7.89. The number of benzene rings is 2. The Morgan fingerprint density at radius 3 is 2.24 bits per heavy atom. The second-order valence-corrected chi connectivity index (χ2v) is 11.2. The summed E-state index contributed by atoms with van der Waals surface area (Å²) < 4.78 is 26.9. The quantitative estimate of drug-likeness (QED) is 0.500. The number of amides is 2. The number of likely N-dealkylation sites (N-methyl/N-ethyl adjacent to an activating group) is 1. The molecule has 2 rings (SSSR count). The standard InChI is InChI=1S/C24H31Cl2N3O4S/c1-6-17(3)27-24(31)18(4)29(14-19-9-10-20(25)13-22(19)26)23(30)15-28(5)34(32,33)21-11-7-16(2)8-12-21/h7-13,17-18H,6,14-15H2,1-5H3,(H,27,31)/t17-,18-/m1/s1. The molecule has 0 saturated carbocycles. The molecular weight excluding hydrogens is 497 g/mol. The number of sulfonamides is 1. The van der Waals surface area contributed by atoms with Gasteiger partial charge in [-0.25, -0.2) is 8.42 Å². The Labute approximate surface area is 212 Å². The fraction of sp³-hybridized carbons (Fsp3) is 0.417. The van der Waals surface area contributed by atoms with Crippen LogP contribution in [-0.4, -0.2) is 55.1 Å². The van der Waals surface area contributed by atoms with Gasteiger partial charge in [-0.3, -0.25) is 9.59 Å². The summed E-state index contributed by atoms with van der Waals surface area (Å²) in [6.07, 6.45) is 0.729. The fourth-order valence-corrected chi connectivity index (χ4v) is 4.73. The highest BCUT2D eigenvalue weighted by Crippen LogP contribution is 2.24. The molecule has 0 aliphatic rings. The predicted molar refractivity (Wildman–Crippen MR) is 135 cm³/mol. The fourth-order valence-electron chi connectivity index (χ4n) is 3.14. The van der Waals surface area contributed by atoms with Crippen LogP contribution in [0.25, 0.3) is 0 Å². The van der Waals surface area contributed by atoms with Crippen molar-refractivity contribution in [1.29, 1.82) is 0 Å². The van der Waals surface area contributed by atoms with Crippen molar-refractivity contribution in [2.45, 2.75) is 57.6 Å². The first-order valence-corrected chi connectivity index (χ1v) is 13.1. The first kappa shape index (κ1) is 28.1. The van der Waals surface area contributed by atoms with E-state index in [4.69, 9.17) is 23.2 Å². The lowest BCUT2D eigenvalue weighted by atomic mass is 10.1. The Morgan fingerprint density at radius 2 is 1.68 bits per heavy atom. The second kappa shape index (κ2) is 12.0. The molecule has 0 spiro atoms. The molecule has 7 nitrogen and oxygen atoms in total. The van der Waals surface area contributed by atoms with E-state index < -0.39 is 28.5 Å². The van der Waals surface area contributed by atoms with Crippen molar-refractivity contribution in [3.8, 4) is 0 Å². The number of rotatable bonds is 10. The van der Waals surface area contributed by atoms with Crippen LogP contribution in [0.3, 0.4) is 0 Å². The largest absolute Gasteiger partial charge is 0.352 e. The van der Waals surface area contributed by atoms with E-state index in [1.54, 1.807) is 37.3 Å². The zero-order chi connectivity index (χ0) is 25.6. The molecule has 0 unspecified atom stereocenters. The van der Waals surface area contributed by atoms with Crippen LogP contribution >= 0.6 is 23.2 Å². The number of carbonyl (C=O) groups is 2. The molecule has 2 aromatic rings.